The number of unbranched alkanes of at least 4 members (excludes halogenated alkanes) is 14. The molecular formula is C19H40O2. The Labute approximate surface area is 133 Å². The van der Waals surface area contributed by atoms with E-state index in [0.717, 1.165) is 19.6 Å². The Balaban J connectivity index is 0.00000117. The molecule has 0 bridgehead atoms. The van der Waals surface area contributed by atoms with Crippen molar-refractivity contribution in [2.75, 3.05) is 19.8 Å². The van der Waals surface area contributed by atoms with Crippen LogP contribution in [0.2, 0.25) is 0 Å². The Morgan fingerprint density at radius 1 is 0.571 bits per heavy atom. The van der Waals surface area contributed by atoms with Crippen LogP contribution in [0.25, 0.3) is 0 Å². The lowest BCUT2D eigenvalue weighted by molar-refractivity contribution is 0.282. The molecule has 0 aromatic heterocycles. The summed E-state index contributed by atoms with van der Waals surface area (Å²) in [5.41, 5.74) is 0. The fourth-order valence-electron chi connectivity index (χ4n) is 2.48. The molecule has 0 unspecified atom stereocenters. The summed E-state index contributed by atoms with van der Waals surface area (Å²) in [6, 6.07) is 0. The molecule has 0 aromatic rings. The molecule has 0 saturated carbocycles. The van der Waals surface area contributed by atoms with Crippen LogP contribution in [0.5, 0.6) is 0 Å². The van der Waals surface area contributed by atoms with Crippen molar-refractivity contribution < 1.29 is 9.84 Å². The summed E-state index contributed by atoms with van der Waals surface area (Å²) in [5.74, 6) is 0. The third-order valence-corrected chi connectivity index (χ3v) is 3.97. The molecule has 2 heteroatoms. The summed E-state index contributed by atoms with van der Waals surface area (Å²) >= 11 is 0. The number of ether oxygens (including phenoxy) is 1. The smallest absolute Gasteiger partial charge is 0.0701 e. The van der Waals surface area contributed by atoms with Crippen molar-refractivity contribution >= 4 is 0 Å². The largest absolute Gasteiger partial charge is 0.396 e. The van der Waals surface area contributed by atoms with Crippen LogP contribution in [0, 0.1) is 0 Å². The van der Waals surface area contributed by atoms with Crippen molar-refractivity contribution in [1.29, 1.82) is 0 Å². The quantitative estimate of drug-likeness (QED) is 0.303. The standard InChI is InChI=1S/C17H36O.C2H4O/c1-2-3-4-5-6-7-8-9-10-11-12-13-14-15-16-17-18;1-2-3-1/h18H,2-17H2,1H3;1-2H2. The highest BCUT2D eigenvalue weighted by Gasteiger charge is 1.94. The van der Waals surface area contributed by atoms with Gasteiger partial charge in [-0.3, -0.25) is 0 Å². The second kappa shape index (κ2) is 19.9. The van der Waals surface area contributed by atoms with E-state index in [0.29, 0.717) is 6.61 Å². The summed E-state index contributed by atoms with van der Waals surface area (Å²) < 4.78 is 4.50. The zero-order valence-corrected chi connectivity index (χ0v) is 14.6. The number of aliphatic hydroxyl groups excluding tert-OH is 1. The second-order valence-electron chi connectivity index (χ2n) is 6.29. The predicted molar refractivity (Wildman–Crippen MR) is 92.8 cm³/mol. The van der Waals surface area contributed by atoms with Gasteiger partial charge in [-0.2, -0.15) is 0 Å². The van der Waals surface area contributed by atoms with E-state index in [2.05, 4.69) is 11.7 Å². The average molecular weight is 301 g/mol. The number of aliphatic hydroxyl groups is 1. The minimum absolute atomic E-state index is 0.373. The van der Waals surface area contributed by atoms with Gasteiger partial charge in [-0.15, -0.1) is 0 Å². The molecule has 1 heterocycles. The van der Waals surface area contributed by atoms with E-state index >= 15 is 0 Å². The van der Waals surface area contributed by atoms with Gasteiger partial charge in [0.2, 0.25) is 0 Å². The molecular weight excluding hydrogens is 260 g/mol. The van der Waals surface area contributed by atoms with Gasteiger partial charge in [-0.1, -0.05) is 96.8 Å². The topological polar surface area (TPSA) is 32.8 Å². The van der Waals surface area contributed by atoms with E-state index in [9.17, 15) is 0 Å². The lowest BCUT2D eigenvalue weighted by Gasteiger charge is -2.02. The van der Waals surface area contributed by atoms with Crippen molar-refractivity contribution in [1.82, 2.24) is 0 Å². The zero-order chi connectivity index (χ0) is 15.4. The van der Waals surface area contributed by atoms with Gasteiger partial charge in [0.05, 0.1) is 13.2 Å². The van der Waals surface area contributed by atoms with Crippen molar-refractivity contribution in [2.24, 2.45) is 0 Å². The SMILES string of the molecule is C1CO1.CCCCCCCCCCCCCCCCCO. The number of rotatable bonds is 15. The molecule has 0 spiro atoms. The van der Waals surface area contributed by atoms with Gasteiger partial charge in [-0.05, 0) is 6.42 Å². The first-order chi connectivity index (χ1) is 10.4. The summed E-state index contributed by atoms with van der Waals surface area (Å²) in [5, 5.41) is 8.66. The molecule has 0 aromatic carbocycles. The predicted octanol–water partition coefficient (Wildman–Crippen LogP) is 5.87. The van der Waals surface area contributed by atoms with Crippen LogP contribution in [-0.4, -0.2) is 24.9 Å². The summed E-state index contributed by atoms with van der Waals surface area (Å²) in [6.07, 6.45) is 20.7. The van der Waals surface area contributed by atoms with Crippen molar-refractivity contribution in [2.45, 2.75) is 103 Å². The Kier molecular flexibility index (Phi) is 19.8. The van der Waals surface area contributed by atoms with Crippen LogP contribution in [0.3, 0.4) is 0 Å². The van der Waals surface area contributed by atoms with Gasteiger partial charge in [0.15, 0.2) is 0 Å². The molecule has 1 N–H and O–H groups in total. The van der Waals surface area contributed by atoms with E-state index in [-0.39, 0.29) is 0 Å². The maximum Gasteiger partial charge on any atom is 0.0701 e. The molecule has 0 atom stereocenters. The van der Waals surface area contributed by atoms with Crippen LogP contribution >= 0.6 is 0 Å². The van der Waals surface area contributed by atoms with Gasteiger partial charge >= 0.3 is 0 Å². The van der Waals surface area contributed by atoms with E-state index in [1.165, 1.54) is 89.9 Å². The van der Waals surface area contributed by atoms with Gasteiger partial charge in [-0.25, -0.2) is 0 Å². The first kappa shape index (κ1) is 20.9. The van der Waals surface area contributed by atoms with Gasteiger partial charge < -0.3 is 9.84 Å². The molecule has 128 valence electrons. The second-order valence-corrected chi connectivity index (χ2v) is 6.29. The minimum Gasteiger partial charge on any atom is -0.396 e. The van der Waals surface area contributed by atoms with Crippen molar-refractivity contribution in [3.63, 3.8) is 0 Å². The molecule has 1 aliphatic heterocycles. The molecule has 2 nitrogen and oxygen atoms in total. The van der Waals surface area contributed by atoms with Crippen LogP contribution in [-0.2, 0) is 4.74 Å². The Hall–Kier alpha value is -0.0800. The van der Waals surface area contributed by atoms with E-state index in [4.69, 9.17) is 5.11 Å². The van der Waals surface area contributed by atoms with E-state index in [1.807, 2.05) is 0 Å². The molecule has 1 saturated heterocycles. The molecule has 0 amide bonds. The van der Waals surface area contributed by atoms with Gasteiger partial charge in [0.25, 0.3) is 0 Å². The highest BCUT2D eigenvalue weighted by Crippen LogP contribution is 2.13. The third kappa shape index (κ3) is 25.2. The number of epoxide rings is 1. The first-order valence-electron chi connectivity index (χ1n) is 9.60. The highest BCUT2D eigenvalue weighted by atomic mass is 16.6. The molecule has 21 heavy (non-hydrogen) atoms. The third-order valence-electron chi connectivity index (χ3n) is 3.97. The van der Waals surface area contributed by atoms with Crippen molar-refractivity contribution in [3.05, 3.63) is 0 Å². The maximum atomic E-state index is 8.66. The fourth-order valence-corrected chi connectivity index (χ4v) is 2.48. The molecule has 1 aliphatic rings. The normalized spacial score (nSPS) is 12.9. The van der Waals surface area contributed by atoms with Gasteiger partial charge in [0, 0.05) is 6.61 Å². The summed E-state index contributed by atoms with van der Waals surface area (Å²) in [6.45, 7) is 4.65. The molecule has 0 aliphatic carbocycles. The van der Waals surface area contributed by atoms with Crippen LogP contribution < -0.4 is 0 Å². The van der Waals surface area contributed by atoms with E-state index in [1.54, 1.807) is 0 Å². The zero-order valence-electron chi connectivity index (χ0n) is 14.6. The highest BCUT2D eigenvalue weighted by molar-refractivity contribution is 4.49. The lowest BCUT2D eigenvalue weighted by Crippen LogP contribution is -1.85. The average Bonchev–Trinajstić information content (AvgIpc) is 3.36. The minimum atomic E-state index is 0.373. The Morgan fingerprint density at radius 3 is 1.10 bits per heavy atom. The molecule has 1 rings (SSSR count). The van der Waals surface area contributed by atoms with Crippen molar-refractivity contribution in [3.8, 4) is 0 Å². The molecule has 0 radical (unpaired) electrons. The molecule has 1 fully saturated rings. The fraction of sp³-hybridized carbons (Fsp3) is 1.00. The number of hydrogen-bond donors (Lipinski definition) is 1. The Bertz CT molecular complexity index is 150. The number of hydrogen-bond acceptors (Lipinski definition) is 2. The summed E-state index contributed by atoms with van der Waals surface area (Å²) in [7, 11) is 0. The Morgan fingerprint density at radius 2 is 0.857 bits per heavy atom. The summed E-state index contributed by atoms with van der Waals surface area (Å²) in [4.78, 5) is 0. The van der Waals surface area contributed by atoms with E-state index < -0.39 is 0 Å². The first-order valence-corrected chi connectivity index (χ1v) is 9.60. The van der Waals surface area contributed by atoms with Crippen LogP contribution in [0.4, 0.5) is 0 Å². The van der Waals surface area contributed by atoms with Crippen LogP contribution in [0.15, 0.2) is 0 Å². The monoisotopic (exact) mass is 300 g/mol. The van der Waals surface area contributed by atoms with Gasteiger partial charge in [0.1, 0.15) is 0 Å². The lowest BCUT2D eigenvalue weighted by atomic mass is 10.0. The van der Waals surface area contributed by atoms with Crippen LogP contribution in [0.1, 0.15) is 103 Å². The maximum absolute atomic E-state index is 8.66.